The number of nitrogens with two attached hydrogens (primary N) is 1. The van der Waals surface area contributed by atoms with E-state index in [-0.39, 0.29) is 6.04 Å². The molecule has 0 radical (unpaired) electrons. The van der Waals surface area contributed by atoms with Crippen molar-refractivity contribution < 1.29 is 4.74 Å². The quantitative estimate of drug-likeness (QED) is 0.854. The van der Waals surface area contributed by atoms with Crippen LogP contribution in [0.1, 0.15) is 24.6 Å². The highest BCUT2D eigenvalue weighted by Crippen LogP contribution is 2.27. The molecule has 1 aliphatic heterocycles. The van der Waals surface area contributed by atoms with Crippen LogP contribution in [0, 0.1) is 5.92 Å². The molecule has 0 spiro atoms. The van der Waals surface area contributed by atoms with E-state index in [1.54, 1.807) is 11.3 Å². The predicted molar refractivity (Wildman–Crippen MR) is 64.1 cm³/mol. The molecule has 3 heteroatoms. The van der Waals surface area contributed by atoms with E-state index in [0.717, 1.165) is 25.9 Å². The largest absolute Gasteiger partial charge is 0.378 e. The van der Waals surface area contributed by atoms with Crippen molar-refractivity contribution in [1.29, 1.82) is 0 Å². The second kappa shape index (κ2) is 5.10. The first-order chi connectivity index (χ1) is 7.31. The van der Waals surface area contributed by atoms with Gasteiger partial charge >= 0.3 is 0 Å². The minimum absolute atomic E-state index is 0.260. The zero-order valence-electron chi connectivity index (χ0n) is 9.19. The van der Waals surface area contributed by atoms with Gasteiger partial charge in [0.15, 0.2) is 0 Å². The topological polar surface area (TPSA) is 35.2 Å². The molecule has 2 rings (SSSR count). The SMILES string of the molecule is CCC1OCCC1C(N)Cc1cccs1. The molecule has 15 heavy (non-hydrogen) atoms. The molecule has 0 bridgehead atoms. The van der Waals surface area contributed by atoms with Gasteiger partial charge in [-0.1, -0.05) is 13.0 Å². The van der Waals surface area contributed by atoms with Crippen molar-refractivity contribution >= 4 is 11.3 Å². The van der Waals surface area contributed by atoms with Crippen molar-refractivity contribution in [1.82, 2.24) is 0 Å². The molecule has 0 saturated carbocycles. The van der Waals surface area contributed by atoms with E-state index in [9.17, 15) is 0 Å². The lowest BCUT2D eigenvalue weighted by molar-refractivity contribution is 0.0814. The molecule has 2 nitrogen and oxygen atoms in total. The molecule has 1 aromatic rings. The molecular weight excluding hydrogens is 206 g/mol. The molecule has 84 valence electrons. The minimum atomic E-state index is 0.260. The van der Waals surface area contributed by atoms with Gasteiger partial charge in [0.25, 0.3) is 0 Å². The Balaban J connectivity index is 1.92. The number of rotatable bonds is 4. The van der Waals surface area contributed by atoms with Crippen LogP contribution in [-0.4, -0.2) is 18.8 Å². The highest BCUT2D eigenvalue weighted by Gasteiger charge is 2.31. The molecule has 2 N–H and O–H groups in total. The summed E-state index contributed by atoms with van der Waals surface area (Å²) in [4.78, 5) is 1.39. The lowest BCUT2D eigenvalue weighted by Gasteiger charge is -2.23. The van der Waals surface area contributed by atoms with Crippen LogP contribution < -0.4 is 5.73 Å². The summed E-state index contributed by atoms with van der Waals surface area (Å²) in [7, 11) is 0. The molecule has 1 fully saturated rings. The van der Waals surface area contributed by atoms with E-state index in [0.29, 0.717) is 12.0 Å². The van der Waals surface area contributed by atoms with Crippen molar-refractivity contribution in [2.75, 3.05) is 6.61 Å². The van der Waals surface area contributed by atoms with Crippen molar-refractivity contribution in [3.8, 4) is 0 Å². The average Bonchev–Trinajstić information content (AvgIpc) is 2.86. The van der Waals surface area contributed by atoms with Gasteiger partial charge in [-0.15, -0.1) is 11.3 Å². The van der Waals surface area contributed by atoms with Gasteiger partial charge in [0, 0.05) is 23.4 Å². The summed E-state index contributed by atoms with van der Waals surface area (Å²) >= 11 is 1.80. The van der Waals surface area contributed by atoms with Crippen LogP contribution in [0.2, 0.25) is 0 Å². The first-order valence-electron chi connectivity index (χ1n) is 5.70. The minimum Gasteiger partial charge on any atom is -0.378 e. The van der Waals surface area contributed by atoms with Gasteiger partial charge in [0.2, 0.25) is 0 Å². The first kappa shape index (κ1) is 11.1. The summed E-state index contributed by atoms with van der Waals surface area (Å²) in [5, 5.41) is 2.12. The van der Waals surface area contributed by atoms with Gasteiger partial charge < -0.3 is 10.5 Å². The summed E-state index contributed by atoms with van der Waals surface area (Å²) in [5.74, 6) is 0.553. The molecule has 0 aliphatic carbocycles. The summed E-state index contributed by atoms with van der Waals surface area (Å²) in [6, 6.07) is 4.52. The predicted octanol–water partition coefficient (Wildman–Crippen LogP) is 2.43. The highest BCUT2D eigenvalue weighted by molar-refractivity contribution is 7.09. The van der Waals surface area contributed by atoms with E-state index < -0.39 is 0 Å². The molecule has 0 amide bonds. The van der Waals surface area contributed by atoms with Crippen molar-refractivity contribution in [2.24, 2.45) is 11.7 Å². The van der Waals surface area contributed by atoms with Crippen LogP contribution in [0.4, 0.5) is 0 Å². The summed E-state index contributed by atoms with van der Waals surface area (Å²) in [5.41, 5.74) is 6.26. The zero-order valence-corrected chi connectivity index (χ0v) is 10.0. The zero-order chi connectivity index (χ0) is 10.7. The van der Waals surface area contributed by atoms with E-state index in [4.69, 9.17) is 10.5 Å². The lowest BCUT2D eigenvalue weighted by atomic mass is 9.89. The number of hydrogen-bond acceptors (Lipinski definition) is 3. The smallest absolute Gasteiger partial charge is 0.0616 e. The maximum absolute atomic E-state index is 6.26. The Morgan fingerprint density at radius 2 is 2.53 bits per heavy atom. The lowest BCUT2D eigenvalue weighted by Crippen LogP contribution is -2.36. The van der Waals surface area contributed by atoms with Crippen LogP contribution in [0.5, 0.6) is 0 Å². The fourth-order valence-electron chi connectivity index (χ4n) is 2.39. The van der Waals surface area contributed by atoms with E-state index in [1.807, 2.05) is 0 Å². The molecule has 3 unspecified atom stereocenters. The van der Waals surface area contributed by atoms with Gasteiger partial charge in [-0.05, 0) is 30.7 Å². The maximum Gasteiger partial charge on any atom is 0.0616 e. The van der Waals surface area contributed by atoms with Crippen LogP contribution in [0.3, 0.4) is 0 Å². The second-order valence-electron chi connectivity index (χ2n) is 4.22. The molecule has 0 aromatic carbocycles. The van der Waals surface area contributed by atoms with Gasteiger partial charge in [-0.25, -0.2) is 0 Å². The normalized spacial score (nSPS) is 28.1. The molecule has 1 saturated heterocycles. The number of ether oxygens (including phenoxy) is 1. The highest BCUT2D eigenvalue weighted by atomic mass is 32.1. The van der Waals surface area contributed by atoms with Gasteiger partial charge in [-0.3, -0.25) is 0 Å². The van der Waals surface area contributed by atoms with Crippen molar-refractivity contribution in [2.45, 2.75) is 38.3 Å². The monoisotopic (exact) mass is 225 g/mol. The van der Waals surface area contributed by atoms with Gasteiger partial charge in [0.1, 0.15) is 0 Å². The van der Waals surface area contributed by atoms with Crippen LogP contribution in [-0.2, 0) is 11.2 Å². The third-order valence-corrected chi connectivity index (χ3v) is 4.13. The average molecular weight is 225 g/mol. The fraction of sp³-hybridized carbons (Fsp3) is 0.667. The Labute approximate surface area is 95.4 Å². The maximum atomic E-state index is 6.26. The third kappa shape index (κ3) is 2.60. The Morgan fingerprint density at radius 3 is 3.20 bits per heavy atom. The van der Waals surface area contributed by atoms with Gasteiger partial charge in [0.05, 0.1) is 6.10 Å². The van der Waals surface area contributed by atoms with Crippen molar-refractivity contribution in [3.05, 3.63) is 22.4 Å². The Kier molecular flexibility index (Phi) is 3.78. The summed E-state index contributed by atoms with van der Waals surface area (Å²) < 4.78 is 5.68. The Morgan fingerprint density at radius 1 is 1.67 bits per heavy atom. The van der Waals surface area contributed by atoms with Crippen molar-refractivity contribution in [3.63, 3.8) is 0 Å². The molecule has 3 atom stereocenters. The Hall–Kier alpha value is -0.380. The standard InChI is InChI=1S/C12H19NOS/c1-2-12-10(5-6-14-12)11(13)8-9-4-3-7-15-9/h3-4,7,10-12H,2,5-6,8,13H2,1H3. The summed E-state index contributed by atoms with van der Waals surface area (Å²) in [6.07, 6.45) is 3.61. The van der Waals surface area contributed by atoms with Crippen LogP contribution in [0.25, 0.3) is 0 Å². The van der Waals surface area contributed by atoms with E-state index in [2.05, 4.69) is 24.4 Å². The van der Waals surface area contributed by atoms with Crippen LogP contribution >= 0.6 is 11.3 Å². The number of thiophene rings is 1. The first-order valence-corrected chi connectivity index (χ1v) is 6.58. The Bertz CT molecular complexity index is 286. The molecule has 1 aromatic heterocycles. The molecule has 2 heterocycles. The third-order valence-electron chi connectivity index (χ3n) is 3.23. The van der Waals surface area contributed by atoms with Crippen LogP contribution in [0.15, 0.2) is 17.5 Å². The van der Waals surface area contributed by atoms with Gasteiger partial charge in [-0.2, -0.15) is 0 Å². The fourth-order valence-corrected chi connectivity index (χ4v) is 3.17. The summed E-state index contributed by atoms with van der Waals surface area (Å²) in [6.45, 7) is 3.07. The van der Waals surface area contributed by atoms with E-state index >= 15 is 0 Å². The second-order valence-corrected chi connectivity index (χ2v) is 5.25. The molecule has 1 aliphatic rings. The van der Waals surface area contributed by atoms with E-state index in [1.165, 1.54) is 4.88 Å². The number of hydrogen-bond donors (Lipinski definition) is 1. The molecular formula is C12H19NOS.